The number of rotatable bonds is 31. The fraction of sp³-hybridized carbons (Fsp3) is 0.944. The van der Waals surface area contributed by atoms with Gasteiger partial charge in [0.15, 0.2) is 0 Å². The molecule has 244 valence electrons. The minimum atomic E-state index is -0.322. The third kappa shape index (κ3) is 28.8. The van der Waals surface area contributed by atoms with Crippen LogP contribution in [0.2, 0.25) is 0 Å². The van der Waals surface area contributed by atoms with Crippen LogP contribution in [0.15, 0.2) is 0 Å². The molecule has 0 aliphatic carbocycles. The monoisotopic (exact) mass is 582 g/mol. The maximum absolute atomic E-state index is 12.9. The number of unbranched alkanes of at least 4 members (excludes halogenated alkanes) is 16. The first-order valence-electron chi connectivity index (χ1n) is 17.9. The molecule has 0 radical (unpaired) electrons. The van der Waals surface area contributed by atoms with Crippen molar-refractivity contribution in [3.8, 4) is 0 Å². The summed E-state index contributed by atoms with van der Waals surface area (Å²) in [6.07, 6.45) is 28.4. The number of carbonyl (C=O) groups is 2. The average molecular weight is 582 g/mol. The van der Waals surface area contributed by atoms with Crippen molar-refractivity contribution in [2.24, 2.45) is 5.92 Å². The summed E-state index contributed by atoms with van der Waals surface area (Å²) in [5, 5.41) is 0. The van der Waals surface area contributed by atoms with Crippen molar-refractivity contribution < 1.29 is 19.1 Å². The second-order valence-electron chi connectivity index (χ2n) is 12.8. The summed E-state index contributed by atoms with van der Waals surface area (Å²) in [5.41, 5.74) is 0. The lowest BCUT2D eigenvalue weighted by Gasteiger charge is -2.20. The molecule has 5 nitrogen and oxygen atoms in total. The molecule has 0 rings (SSSR count). The van der Waals surface area contributed by atoms with Gasteiger partial charge in [-0.2, -0.15) is 0 Å². The van der Waals surface area contributed by atoms with Crippen molar-refractivity contribution in [3.63, 3.8) is 0 Å². The van der Waals surface area contributed by atoms with Crippen molar-refractivity contribution in [2.45, 2.75) is 187 Å². The van der Waals surface area contributed by atoms with Crippen molar-refractivity contribution in [3.05, 3.63) is 0 Å². The van der Waals surface area contributed by atoms with Crippen LogP contribution in [0.5, 0.6) is 0 Å². The van der Waals surface area contributed by atoms with Gasteiger partial charge in [-0.3, -0.25) is 9.59 Å². The van der Waals surface area contributed by atoms with E-state index in [2.05, 4.69) is 25.7 Å². The number of carbonyl (C=O) groups excluding carboxylic acids is 2. The number of hydrogen-bond acceptors (Lipinski definition) is 5. The molecular weight excluding hydrogens is 510 g/mol. The number of esters is 2. The number of nitrogens with zero attached hydrogens (tertiary/aromatic N) is 1. The van der Waals surface area contributed by atoms with Gasteiger partial charge < -0.3 is 14.4 Å². The van der Waals surface area contributed by atoms with E-state index < -0.39 is 0 Å². The standard InChI is InChI=1S/C36H71NO4/c1-6-9-12-15-16-17-18-21-24-28-34(41-35(38)29-25-30-37(4)5)32-40-36(39)31-33(26-22-19-13-10-7-2)27-23-20-14-11-8-3/h33-34H,6-32H2,1-5H3. The largest absolute Gasteiger partial charge is 0.462 e. The molecule has 0 aliphatic rings. The summed E-state index contributed by atoms with van der Waals surface area (Å²) in [5.74, 6) is 0.133. The van der Waals surface area contributed by atoms with Crippen LogP contribution in [0.3, 0.4) is 0 Å². The molecule has 0 saturated heterocycles. The first-order valence-corrected chi connectivity index (χ1v) is 17.9. The predicted molar refractivity (Wildman–Crippen MR) is 175 cm³/mol. The van der Waals surface area contributed by atoms with Crippen molar-refractivity contribution >= 4 is 11.9 Å². The van der Waals surface area contributed by atoms with Crippen LogP contribution in [0, 0.1) is 5.92 Å². The molecule has 0 amide bonds. The summed E-state index contributed by atoms with van der Waals surface area (Å²) in [6, 6.07) is 0. The molecule has 0 fully saturated rings. The van der Waals surface area contributed by atoms with Crippen LogP contribution in [-0.2, 0) is 19.1 Å². The Morgan fingerprint density at radius 1 is 0.561 bits per heavy atom. The highest BCUT2D eigenvalue weighted by atomic mass is 16.6. The summed E-state index contributed by atoms with van der Waals surface area (Å²) in [7, 11) is 4.03. The Labute approximate surface area is 256 Å². The Balaban J connectivity index is 4.69. The van der Waals surface area contributed by atoms with Gasteiger partial charge in [0.2, 0.25) is 0 Å². The van der Waals surface area contributed by atoms with Gasteiger partial charge >= 0.3 is 11.9 Å². The Morgan fingerprint density at radius 3 is 1.46 bits per heavy atom. The van der Waals surface area contributed by atoms with Crippen LogP contribution in [0.25, 0.3) is 0 Å². The fourth-order valence-corrected chi connectivity index (χ4v) is 5.55. The molecular formula is C36H71NO4. The Kier molecular flexibility index (Phi) is 29.5. The van der Waals surface area contributed by atoms with E-state index >= 15 is 0 Å². The molecule has 0 saturated carbocycles. The fourth-order valence-electron chi connectivity index (χ4n) is 5.55. The van der Waals surface area contributed by atoms with E-state index in [0.717, 1.165) is 45.1 Å². The highest BCUT2D eigenvalue weighted by Crippen LogP contribution is 2.23. The molecule has 0 spiro atoms. The maximum Gasteiger partial charge on any atom is 0.306 e. The average Bonchev–Trinajstić information content (AvgIpc) is 2.94. The Hall–Kier alpha value is -1.10. The summed E-state index contributed by atoms with van der Waals surface area (Å²) in [6.45, 7) is 7.82. The van der Waals surface area contributed by atoms with Crippen molar-refractivity contribution in [2.75, 3.05) is 27.2 Å². The lowest BCUT2D eigenvalue weighted by Crippen LogP contribution is -2.26. The Bertz CT molecular complexity index is 566. The maximum atomic E-state index is 12.9. The van der Waals surface area contributed by atoms with E-state index in [4.69, 9.17) is 9.47 Å². The van der Waals surface area contributed by atoms with E-state index in [0.29, 0.717) is 18.8 Å². The summed E-state index contributed by atoms with van der Waals surface area (Å²) in [4.78, 5) is 27.5. The smallest absolute Gasteiger partial charge is 0.306 e. The lowest BCUT2D eigenvalue weighted by atomic mass is 9.91. The lowest BCUT2D eigenvalue weighted by molar-refractivity contribution is -0.160. The van der Waals surface area contributed by atoms with Gasteiger partial charge in [0.05, 0.1) is 0 Å². The molecule has 1 atom stereocenters. The van der Waals surface area contributed by atoms with Gasteiger partial charge in [0.25, 0.3) is 0 Å². The topological polar surface area (TPSA) is 55.8 Å². The van der Waals surface area contributed by atoms with Crippen LogP contribution < -0.4 is 0 Å². The third-order valence-electron chi connectivity index (χ3n) is 8.23. The van der Waals surface area contributed by atoms with Gasteiger partial charge in [-0.1, -0.05) is 136 Å². The minimum absolute atomic E-state index is 0.113. The molecule has 0 aromatic carbocycles. The first kappa shape index (κ1) is 39.9. The molecule has 1 unspecified atom stereocenters. The number of ether oxygens (including phenoxy) is 2. The molecule has 0 aromatic rings. The van der Waals surface area contributed by atoms with Gasteiger partial charge in [-0.15, -0.1) is 0 Å². The molecule has 0 aliphatic heterocycles. The van der Waals surface area contributed by atoms with E-state index in [9.17, 15) is 9.59 Å². The highest BCUT2D eigenvalue weighted by Gasteiger charge is 2.19. The normalized spacial score (nSPS) is 12.3. The molecule has 5 heteroatoms. The zero-order chi connectivity index (χ0) is 30.4. The van der Waals surface area contributed by atoms with E-state index in [1.54, 1.807) is 0 Å². The molecule has 0 aromatic heterocycles. The van der Waals surface area contributed by atoms with Gasteiger partial charge in [0, 0.05) is 12.8 Å². The van der Waals surface area contributed by atoms with Gasteiger partial charge in [-0.25, -0.2) is 0 Å². The number of hydrogen-bond donors (Lipinski definition) is 0. The third-order valence-corrected chi connectivity index (χ3v) is 8.23. The highest BCUT2D eigenvalue weighted by molar-refractivity contribution is 5.70. The first-order chi connectivity index (χ1) is 19.9. The molecule has 0 bridgehead atoms. The van der Waals surface area contributed by atoms with Crippen LogP contribution in [0.1, 0.15) is 181 Å². The minimum Gasteiger partial charge on any atom is -0.462 e. The second kappa shape index (κ2) is 30.4. The van der Waals surface area contributed by atoms with E-state index in [1.165, 1.54) is 109 Å². The zero-order valence-electron chi connectivity index (χ0n) is 28.3. The van der Waals surface area contributed by atoms with Crippen LogP contribution >= 0.6 is 0 Å². The summed E-state index contributed by atoms with van der Waals surface area (Å²) < 4.78 is 11.6. The molecule has 41 heavy (non-hydrogen) atoms. The second-order valence-corrected chi connectivity index (χ2v) is 12.8. The quantitative estimate of drug-likeness (QED) is 0.0602. The molecule has 0 N–H and O–H groups in total. The zero-order valence-corrected chi connectivity index (χ0v) is 28.3. The Morgan fingerprint density at radius 2 is 1.00 bits per heavy atom. The van der Waals surface area contributed by atoms with Crippen LogP contribution in [0.4, 0.5) is 0 Å². The van der Waals surface area contributed by atoms with Crippen molar-refractivity contribution in [1.29, 1.82) is 0 Å². The SMILES string of the molecule is CCCCCCCCCCCC(COC(=O)CC(CCCCCCC)CCCCCCC)OC(=O)CCCN(C)C. The van der Waals surface area contributed by atoms with E-state index in [-0.39, 0.29) is 24.6 Å². The summed E-state index contributed by atoms with van der Waals surface area (Å²) >= 11 is 0. The van der Waals surface area contributed by atoms with Gasteiger partial charge in [0.1, 0.15) is 12.7 Å². The van der Waals surface area contributed by atoms with Crippen LogP contribution in [-0.4, -0.2) is 50.2 Å². The van der Waals surface area contributed by atoms with Crippen molar-refractivity contribution in [1.82, 2.24) is 4.90 Å². The molecule has 0 heterocycles. The van der Waals surface area contributed by atoms with Gasteiger partial charge in [-0.05, 0) is 58.7 Å². The predicted octanol–water partition coefficient (Wildman–Crippen LogP) is 10.4. The van der Waals surface area contributed by atoms with E-state index in [1.807, 2.05) is 14.1 Å².